The van der Waals surface area contributed by atoms with Gasteiger partial charge >= 0.3 is 0 Å². The van der Waals surface area contributed by atoms with E-state index < -0.39 is 24.4 Å². The predicted octanol–water partition coefficient (Wildman–Crippen LogP) is -1.45. The number of carbonyl (C=O) groups excluding carboxylic acids is 1. The van der Waals surface area contributed by atoms with E-state index in [0.29, 0.717) is 6.29 Å². The topological polar surface area (TPSA) is 91.0 Å². The standard InChI is InChI=1S/C9H19NO5/c1-13-5-7(12)9(15-3)8(14-2)6(10)4-11/h4,6-9,12H,5,10H2,1-3H3. The normalized spacial score (nSPS) is 19.3. The molecule has 4 unspecified atom stereocenters. The minimum absolute atomic E-state index is 0.0872. The van der Waals surface area contributed by atoms with Crippen molar-refractivity contribution in [3.8, 4) is 0 Å². The molecule has 0 aliphatic rings. The first-order valence-corrected chi connectivity index (χ1v) is 4.55. The fourth-order valence-corrected chi connectivity index (χ4v) is 1.36. The number of aliphatic hydroxyl groups is 1. The van der Waals surface area contributed by atoms with Gasteiger partial charge in [-0.05, 0) is 0 Å². The van der Waals surface area contributed by atoms with Gasteiger partial charge in [0.15, 0.2) is 0 Å². The van der Waals surface area contributed by atoms with Crippen LogP contribution in [-0.2, 0) is 19.0 Å². The van der Waals surface area contributed by atoms with Crippen LogP contribution < -0.4 is 5.73 Å². The summed E-state index contributed by atoms with van der Waals surface area (Å²) in [5.41, 5.74) is 5.51. The molecular formula is C9H19NO5. The maximum Gasteiger partial charge on any atom is 0.139 e. The zero-order valence-corrected chi connectivity index (χ0v) is 9.25. The number of hydrogen-bond acceptors (Lipinski definition) is 6. The van der Waals surface area contributed by atoms with Crippen molar-refractivity contribution in [3.63, 3.8) is 0 Å². The number of carbonyl (C=O) groups is 1. The molecule has 0 bridgehead atoms. The lowest BCUT2D eigenvalue weighted by Gasteiger charge is -2.30. The molecule has 90 valence electrons. The molecule has 0 aliphatic heterocycles. The number of nitrogens with two attached hydrogens (primary N) is 1. The fraction of sp³-hybridized carbons (Fsp3) is 0.889. The van der Waals surface area contributed by atoms with Crippen LogP contribution >= 0.6 is 0 Å². The Hall–Kier alpha value is -0.530. The lowest BCUT2D eigenvalue weighted by atomic mass is 10.0. The van der Waals surface area contributed by atoms with Crippen LogP contribution in [0, 0.1) is 0 Å². The summed E-state index contributed by atoms with van der Waals surface area (Å²) in [4.78, 5) is 10.5. The monoisotopic (exact) mass is 221 g/mol. The van der Waals surface area contributed by atoms with Crippen molar-refractivity contribution in [1.82, 2.24) is 0 Å². The van der Waals surface area contributed by atoms with Crippen molar-refractivity contribution >= 4 is 6.29 Å². The largest absolute Gasteiger partial charge is 0.388 e. The van der Waals surface area contributed by atoms with Crippen LogP contribution in [0.25, 0.3) is 0 Å². The molecule has 0 aliphatic carbocycles. The Kier molecular flexibility index (Phi) is 7.45. The van der Waals surface area contributed by atoms with Gasteiger partial charge in [0.25, 0.3) is 0 Å². The molecule has 4 atom stereocenters. The Morgan fingerprint density at radius 3 is 2.13 bits per heavy atom. The van der Waals surface area contributed by atoms with E-state index in [0.717, 1.165) is 0 Å². The first kappa shape index (κ1) is 14.5. The molecule has 0 heterocycles. The summed E-state index contributed by atoms with van der Waals surface area (Å²) in [7, 11) is 4.27. The van der Waals surface area contributed by atoms with Crippen molar-refractivity contribution in [3.05, 3.63) is 0 Å². The molecule has 15 heavy (non-hydrogen) atoms. The van der Waals surface area contributed by atoms with E-state index in [1.165, 1.54) is 21.3 Å². The summed E-state index contributed by atoms with van der Waals surface area (Å²) < 4.78 is 14.9. The summed E-state index contributed by atoms with van der Waals surface area (Å²) >= 11 is 0. The van der Waals surface area contributed by atoms with E-state index in [4.69, 9.17) is 19.9 Å². The van der Waals surface area contributed by atoms with Crippen LogP contribution in [0.5, 0.6) is 0 Å². The SMILES string of the molecule is COCC(O)C(OC)C(OC)C(N)C=O. The number of aldehydes is 1. The van der Waals surface area contributed by atoms with Crippen molar-refractivity contribution < 1.29 is 24.1 Å². The second kappa shape index (κ2) is 7.72. The number of rotatable bonds is 8. The third kappa shape index (κ3) is 4.23. The van der Waals surface area contributed by atoms with Gasteiger partial charge in [-0.25, -0.2) is 0 Å². The zero-order valence-electron chi connectivity index (χ0n) is 9.25. The summed E-state index contributed by atoms with van der Waals surface area (Å²) in [5.74, 6) is 0. The molecule has 3 N–H and O–H groups in total. The van der Waals surface area contributed by atoms with Gasteiger partial charge in [0.05, 0.1) is 12.6 Å². The van der Waals surface area contributed by atoms with E-state index in [1.54, 1.807) is 0 Å². The van der Waals surface area contributed by atoms with Crippen LogP contribution in [0.2, 0.25) is 0 Å². The molecule has 0 rings (SSSR count). The van der Waals surface area contributed by atoms with E-state index in [-0.39, 0.29) is 6.61 Å². The first-order valence-electron chi connectivity index (χ1n) is 4.55. The van der Waals surface area contributed by atoms with Gasteiger partial charge in [0.1, 0.15) is 24.6 Å². The third-order valence-corrected chi connectivity index (χ3v) is 2.12. The van der Waals surface area contributed by atoms with Gasteiger partial charge in [-0.3, -0.25) is 0 Å². The smallest absolute Gasteiger partial charge is 0.139 e. The van der Waals surface area contributed by atoms with Crippen molar-refractivity contribution in [2.24, 2.45) is 5.73 Å². The van der Waals surface area contributed by atoms with E-state index in [1.807, 2.05) is 0 Å². The Morgan fingerprint density at radius 2 is 1.80 bits per heavy atom. The highest BCUT2D eigenvalue weighted by Crippen LogP contribution is 2.10. The minimum atomic E-state index is -0.893. The molecule has 6 nitrogen and oxygen atoms in total. The van der Waals surface area contributed by atoms with Crippen LogP contribution in [0.1, 0.15) is 0 Å². The lowest BCUT2D eigenvalue weighted by molar-refractivity contribution is -0.129. The highest BCUT2D eigenvalue weighted by Gasteiger charge is 2.32. The number of methoxy groups -OCH3 is 3. The molecule has 0 saturated carbocycles. The average molecular weight is 221 g/mol. The number of aliphatic hydroxyl groups excluding tert-OH is 1. The van der Waals surface area contributed by atoms with Gasteiger partial charge in [-0.1, -0.05) is 0 Å². The first-order chi connectivity index (χ1) is 7.12. The summed E-state index contributed by atoms with van der Waals surface area (Å²) in [5, 5.41) is 9.65. The third-order valence-electron chi connectivity index (χ3n) is 2.12. The second-order valence-electron chi connectivity index (χ2n) is 3.14. The Balaban J connectivity index is 4.51. The highest BCUT2D eigenvalue weighted by molar-refractivity contribution is 5.58. The van der Waals surface area contributed by atoms with Gasteiger partial charge in [0, 0.05) is 21.3 Å². The van der Waals surface area contributed by atoms with Crippen LogP contribution in [0.3, 0.4) is 0 Å². The Bertz CT molecular complexity index is 178. The number of ether oxygens (including phenoxy) is 3. The molecule has 0 aromatic heterocycles. The van der Waals surface area contributed by atoms with Crippen LogP contribution in [0.4, 0.5) is 0 Å². The maximum absolute atomic E-state index is 10.5. The zero-order chi connectivity index (χ0) is 11.8. The average Bonchev–Trinajstić information content (AvgIpc) is 2.24. The van der Waals surface area contributed by atoms with E-state index >= 15 is 0 Å². The Morgan fingerprint density at radius 1 is 1.27 bits per heavy atom. The van der Waals surface area contributed by atoms with Crippen LogP contribution in [0.15, 0.2) is 0 Å². The predicted molar refractivity (Wildman–Crippen MR) is 53.5 cm³/mol. The molecule has 0 aromatic carbocycles. The van der Waals surface area contributed by atoms with Crippen molar-refractivity contribution in [2.45, 2.75) is 24.4 Å². The summed E-state index contributed by atoms with van der Waals surface area (Å²) in [6, 6.07) is -0.841. The molecule has 0 aromatic rings. The molecule has 0 amide bonds. The molecule has 0 spiro atoms. The summed E-state index contributed by atoms with van der Waals surface area (Å²) in [6.07, 6.45) is -1.73. The Labute approximate surface area is 89.3 Å². The van der Waals surface area contributed by atoms with E-state index in [9.17, 15) is 9.90 Å². The molecule has 0 radical (unpaired) electrons. The maximum atomic E-state index is 10.5. The van der Waals surface area contributed by atoms with Crippen molar-refractivity contribution in [1.29, 1.82) is 0 Å². The highest BCUT2D eigenvalue weighted by atomic mass is 16.5. The quantitative estimate of drug-likeness (QED) is 0.487. The lowest BCUT2D eigenvalue weighted by Crippen LogP contribution is -2.52. The molecule has 6 heteroatoms. The minimum Gasteiger partial charge on any atom is -0.388 e. The fourth-order valence-electron chi connectivity index (χ4n) is 1.36. The molecule has 0 fully saturated rings. The summed E-state index contributed by atoms with van der Waals surface area (Å²) in [6.45, 7) is 0.0872. The molecule has 0 saturated heterocycles. The van der Waals surface area contributed by atoms with Gasteiger partial charge in [-0.15, -0.1) is 0 Å². The van der Waals surface area contributed by atoms with Crippen LogP contribution in [-0.4, -0.2) is 63.7 Å². The second-order valence-corrected chi connectivity index (χ2v) is 3.14. The number of hydrogen-bond donors (Lipinski definition) is 2. The van der Waals surface area contributed by atoms with Gasteiger partial charge in [-0.2, -0.15) is 0 Å². The molecular weight excluding hydrogens is 202 g/mol. The van der Waals surface area contributed by atoms with Gasteiger partial charge < -0.3 is 29.8 Å². The van der Waals surface area contributed by atoms with E-state index in [2.05, 4.69) is 0 Å². The van der Waals surface area contributed by atoms with Crippen molar-refractivity contribution in [2.75, 3.05) is 27.9 Å². The van der Waals surface area contributed by atoms with Gasteiger partial charge in [0.2, 0.25) is 0 Å².